The highest BCUT2D eigenvalue weighted by Gasteiger charge is 2.24. The second-order valence-electron chi connectivity index (χ2n) is 6.51. The van der Waals surface area contributed by atoms with Crippen LogP contribution in [-0.2, 0) is 14.4 Å². The highest BCUT2D eigenvalue weighted by molar-refractivity contribution is 6.30. The van der Waals surface area contributed by atoms with E-state index < -0.39 is 0 Å². The van der Waals surface area contributed by atoms with Gasteiger partial charge in [-0.15, -0.1) is 0 Å². The van der Waals surface area contributed by atoms with Crippen LogP contribution in [0.5, 0.6) is 0 Å². The van der Waals surface area contributed by atoms with Gasteiger partial charge in [-0.25, -0.2) is 0 Å². The summed E-state index contributed by atoms with van der Waals surface area (Å²) in [4.78, 5) is 41.4. The van der Waals surface area contributed by atoms with Gasteiger partial charge in [0.2, 0.25) is 17.7 Å². The zero-order valence-corrected chi connectivity index (χ0v) is 15.4. The molecule has 8 heteroatoms. The van der Waals surface area contributed by atoms with Crippen LogP contribution in [0.1, 0.15) is 12.8 Å². The van der Waals surface area contributed by atoms with E-state index in [2.05, 4.69) is 10.2 Å². The van der Waals surface area contributed by atoms with Crippen molar-refractivity contribution in [3.8, 4) is 0 Å². The number of anilines is 1. The van der Waals surface area contributed by atoms with Crippen molar-refractivity contribution in [3.63, 3.8) is 0 Å². The fourth-order valence-corrected chi connectivity index (χ4v) is 3.37. The molecular weight excluding hydrogens is 356 g/mol. The van der Waals surface area contributed by atoms with E-state index in [4.69, 9.17) is 11.6 Å². The molecule has 7 nitrogen and oxygen atoms in total. The summed E-state index contributed by atoms with van der Waals surface area (Å²) in [6, 6.07) is 7.68. The molecular formula is C18H23ClN4O3. The van der Waals surface area contributed by atoms with Gasteiger partial charge in [-0.2, -0.15) is 0 Å². The summed E-state index contributed by atoms with van der Waals surface area (Å²) < 4.78 is 0. The largest absolute Gasteiger partial charge is 0.368 e. The Morgan fingerprint density at radius 3 is 2.15 bits per heavy atom. The molecule has 1 N–H and O–H groups in total. The van der Waals surface area contributed by atoms with Crippen LogP contribution in [0.25, 0.3) is 0 Å². The minimum atomic E-state index is -0.144. The van der Waals surface area contributed by atoms with E-state index >= 15 is 0 Å². The van der Waals surface area contributed by atoms with E-state index in [0.717, 1.165) is 18.8 Å². The molecule has 3 amide bonds. The maximum atomic E-state index is 12.4. The molecule has 2 fully saturated rings. The number of hydrogen-bond donors (Lipinski definition) is 1. The molecule has 0 aliphatic carbocycles. The molecule has 0 atom stereocenters. The summed E-state index contributed by atoms with van der Waals surface area (Å²) in [5.74, 6) is -0.280. The van der Waals surface area contributed by atoms with Gasteiger partial charge in [0.15, 0.2) is 0 Å². The van der Waals surface area contributed by atoms with Gasteiger partial charge in [0.25, 0.3) is 0 Å². The van der Waals surface area contributed by atoms with Gasteiger partial charge >= 0.3 is 0 Å². The Labute approximate surface area is 157 Å². The van der Waals surface area contributed by atoms with Crippen LogP contribution in [-0.4, -0.2) is 73.3 Å². The molecule has 0 spiro atoms. The van der Waals surface area contributed by atoms with Crippen LogP contribution >= 0.6 is 11.6 Å². The van der Waals surface area contributed by atoms with Gasteiger partial charge in [-0.1, -0.05) is 11.6 Å². The van der Waals surface area contributed by atoms with Crippen molar-refractivity contribution in [2.24, 2.45) is 0 Å². The fourth-order valence-electron chi connectivity index (χ4n) is 3.25. The monoisotopic (exact) mass is 378 g/mol. The first-order valence-corrected chi connectivity index (χ1v) is 9.23. The molecule has 1 aromatic rings. The first kappa shape index (κ1) is 18.5. The first-order valence-electron chi connectivity index (χ1n) is 8.86. The molecule has 0 aromatic heterocycles. The maximum absolute atomic E-state index is 12.4. The summed E-state index contributed by atoms with van der Waals surface area (Å²) in [5, 5.41) is 3.39. The van der Waals surface area contributed by atoms with Crippen molar-refractivity contribution in [1.82, 2.24) is 15.1 Å². The Bertz CT molecular complexity index is 672. The number of hydrogen-bond acceptors (Lipinski definition) is 4. The lowest BCUT2D eigenvalue weighted by Gasteiger charge is -2.36. The highest BCUT2D eigenvalue weighted by Crippen LogP contribution is 2.19. The average molecular weight is 379 g/mol. The number of rotatable bonds is 4. The van der Waals surface area contributed by atoms with Gasteiger partial charge in [0.1, 0.15) is 0 Å². The van der Waals surface area contributed by atoms with Gasteiger partial charge in [0.05, 0.1) is 6.54 Å². The van der Waals surface area contributed by atoms with Crippen LogP contribution in [0.15, 0.2) is 24.3 Å². The number of carbonyl (C=O) groups excluding carboxylic acids is 3. The summed E-state index contributed by atoms with van der Waals surface area (Å²) in [5.41, 5.74) is 1.10. The quantitative estimate of drug-likeness (QED) is 0.838. The van der Waals surface area contributed by atoms with Crippen LogP contribution in [0.2, 0.25) is 5.02 Å². The number of nitrogens with zero attached hydrogens (tertiary/aromatic N) is 3. The third-order valence-electron chi connectivity index (χ3n) is 4.77. The summed E-state index contributed by atoms with van der Waals surface area (Å²) in [6.45, 7) is 3.88. The van der Waals surface area contributed by atoms with E-state index in [1.165, 1.54) is 4.90 Å². The molecule has 2 aliphatic heterocycles. The lowest BCUT2D eigenvalue weighted by Crippen LogP contribution is -2.50. The van der Waals surface area contributed by atoms with Crippen molar-refractivity contribution >= 4 is 35.0 Å². The third-order valence-corrected chi connectivity index (χ3v) is 5.02. The van der Waals surface area contributed by atoms with Crippen LogP contribution < -0.4 is 10.2 Å². The SMILES string of the molecule is O=C1CN(C(=O)CCC(=O)N2CCN(c3ccc(Cl)cc3)CC2)CCN1. The number of halogens is 1. The van der Waals surface area contributed by atoms with Crippen LogP contribution in [0.4, 0.5) is 5.69 Å². The molecule has 0 bridgehead atoms. The predicted octanol–water partition coefficient (Wildman–Crippen LogP) is 0.727. The lowest BCUT2D eigenvalue weighted by atomic mass is 10.2. The maximum Gasteiger partial charge on any atom is 0.239 e. The van der Waals surface area contributed by atoms with Crippen molar-refractivity contribution in [2.45, 2.75) is 12.8 Å². The number of carbonyl (C=O) groups is 3. The molecule has 0 unspecified atom stereocenters. The zero-order chi connectivity index (χ0) is 18.5. The minimum absolute atomic E-state index is 0.00410. The van der Waals surface area contributed by atoms with E-state index in [1.54, 1.807) is 0 Å². The van der Waals surface area contributed by atoms with Crippen molar-refractivity contribution < 1.29 is 14.4 Å². The minimum Gasteiger partial charge on any atom is -0.368 e. The standard InChI is InChI=1S/C18H23ClN4O3/c19-14-1-3-15(4-2-14)21-9-11-22(12-10-21)17(25)5-6-18(26)23-8-7-20-16(24)13-23/h1-4H,5-13H2,(H,20,24). The van der Waals surface area contributed by atoms with Gasteiger partial charge < -0.3 is 20.0 Å². The molecule has 2 aliphatic rings. The molecule has 2 saturated heterocycles. The molecule has 140 valence electrons. The van der Waals surface area contributed by atoms with Gasteiger partial charge in [0, 0.05) is 62.8 Å². The average Bonchev–Trinajstić information content (AvgIpc) is 2.66. The van der Waals surface area contributed by atoms with Gasteiger partial charge in [-0.3, -0.25) is 14.4 Å². The van der Waals surface area contributed by atoms with Gasteiger partial charge in [-0.05, 0) is 24.3 Å². The summed E-state index contributed by atoms with van der Waals surface area (Å²) in [6.07, 6.45) is 0.349. The van der Waals surface area contributed by atoms with Crippen molar-refractivity contribution in [2.75, 3.05) is 50.7 Å². The lowest BCUT2D eigenvalue weighted by molar-refractivity contribution is -0.140. The molecule has 0 radical (unpaired) electrons. The first-order chi connectivity index (χ1) is 12.5. The smallest absolute Gasteiger partial charge is 0.239 e. The second kappa shape index (κ2) is 8.40. The zero-order valence-electron chi connectivity index (χ0n) is 14.6. The third kappa shape index (κ3) is 4.66. The Hall–Kier alpha value is -2.28. The Kier molecular flexibility index (Phi) is 5.98. The topological polar surface area (TPSA) is 73.0 Å². The molecule has 0 saturated carbocycles. The molecule has 26 heavy (non-hydrogen) atoms. The Morgan fingerprint density at radius 2 is 1.54 bits per heavy atom. The molecule has 2 heterocycles. The summed E-state index contributed by atoms with van der Waals surface area (Å²) in [7, 11) is 0. The predicted molar refractivity (Wildman–Crippen MR) is 99.1 cm³/mol. The second-order valence-corrected chi connectivity index (χ2v) is 6.95. The van der Waals surface area contributed by atoms with Crippen molar-refractivity contribution in [1.29, 1.82) is 0 Å². The fraction of sp³-hybridized carbons (Fsp3) is 0.500. The number of benzene rings is 1. The van der Waals surface area contributed by atoms with Crippen molar-refractivity contribution in [3.05, 3.63) is 29.3 Å². The normalized spacial score (nSPS) is 17.9. The summed E-state index contributed by atoms with van der Waals surface area (Å²) >= 11 is 5.92. The van der Waals surface area contributed by atoms with Crippen LogP contribution in [0, 0.1) is 0 Å². The van der Waals surface area contributed by atoms with E-state index in [9.17, 15) is 14.4 Å². The van der Waals surface area contributed by atoms with E-state index in [-0.39, 0.29) is 37.1 Å². The highest BCUT2D eigenvalue weighted by atomic mass is 35.5. The molecule has 3 rings (SSSR count). The Morgan fingerprint density at radius 1 is 0.923 bits per heavy atom. The number of nitrogens with one attached hydrogen (secondary N) is 1. The Balaban J connectivity index is 1.42. The van der Waals surface area contributed by atoms with E-state index in [1.807, 2.05) is 29.2 Å². The van der Waals surface area contributed by atoms with Crippen LogP contribution in [0.3, 0.4) is 0 Å². The molecule has 1 aromatic carbocycles. The van der Waals surface area contributed by atoms with E-state index in [0.29, 0.717) is 31.2 Å². The number of piperazine rings is 2. The number of amides is 3.